The molecule has 0 bridgehead atoms. The Balaban J connectivity index is 1.88. The fraction of sp³-hybridized carbons (Fsp3) is 0.409. The van der Waals surface area contributed by atoms with Gasteiger partial charge in [0.15, 0.2) is 0 Å². The molecule has 0 saturated carbocycles. The lowest BCUT2D eigenvalue weighted by atomic mass is 9.91. The number of benzene rings is 2. The van der Waals surface area contributed by atoms with Gasteiger partial charge in [-0.15, -0.1) is 0 Å². The van der Waals surface area contributed by atoms with E-state index in [2.05, 4.69) is 30.9 Å². The molecule has 162 valence electrons. The van der Waals surface area contributed by atoms with Crippen molar-refractivity contribution in [2.45, 2.75) is 50.4 Å². The van der Waals surface area contributed by atoms with Gasteiger partial charge in [0.05, 0.1) is 24.5 Å². The first-order valence-corrected chi connectivity index (χ1v) is 9.91. The summed E-state index contributed by atoms with van der Waals surface area (Å²) in [4.78, 5) is 0. The topological polar surface area (TPSA) is 132 Å². The third-order valence-electron chi connectivity index (χ3n) is 5.49. The van der Waals surface area contributed by atoms with Gasteiger partial charge in [0.2, 0.25) is 0 Å². The number of nitrogens with two attached hydrogens (primary N) is 1. The number of aryl methyl sites for hydroxylation is 1. The van der Waals surface area contributed by atoms with Crippen LogP contribution in [0.15, 0.2) is 47.6 Å². The maximum absolute atomic E-state index is 10.4. The van der Waals surface area contributed by atoms with E-state index in [0.717, 1.165) is 12.0 Å². The first-order valence-electron chi connectivity index (χ1n) is 9.91. The van der Waals surface area contributed by atoms with Gasteiger partial charge >= 0.3 is 0 Å². The van der Waals surface area contributed by atoms with E-state index >= 15 is 0 Å². The summed E-state index contributed by atoms with van der Waals surface area (Å²) in [6.07, 6.45) is -5.21. The van der Waals surface area contributed by atoms with Gasteiger partial charge in [0.1, 0.15) is 30.5 Å². The molecule has 0 radical (unpaired) electrons. The second kappa shape index (κ2) is 9.55. The van der Waals surface area contributed by atoms with Gasteiger partial charge in [-0.25, -0.2) is 0 Å². The Morgan fingerprint density at radius 2 is 1.70 bits per heavy atom. The lowest BCUT2D eigenvalue weighted by Crippen LogP contribution is -2.55. The third kappa shape index (κ3) is 4.48. The molecule has 0 unspecified atom stereocenters. The van der Waals surface area contributed by atoms with Gasteiger partial charge in [-0.05, 0) is 35.2 Å². The number of ether oxygens (including phenoxy) is 1. The molecule has 6 N–H and O–H groups in total. The molecule has 1 fully saturated rings. The largest absolute Gasteiger partial charge is 0.397 e. The van der Waals surface area contributed by atoms with E-state index in [1.54, 1.807) is 23.2 Å². The van der Waals surface area contributed by atoms with Crippen LogP contribution in [0.3, 0.4) is 0 Å². The van der Waals surface area contributed by atoms with Gasteiger partial charge < -0.3 is 30.9 Å². The van der Waals surface area contributed by atoms with E-state index in [-0.39, 0.29) is 0 Å². The van der Waals surface area contributed by atoms with Crippen molar-refractivity contribution in [3.63, 3.8) is 0 Å². The molecule has 3 rings (SSSR count). The summed E-state index contributed by atoms with van der Waals surface area (Å²) in [5.41, 5.74) is 9.99. The van der Waals surface area contributed by atoms with Crippen LogP contribution in [0.4, 0.5) is 11.4 Å². The molecule has 1 aliphatic rings. The van der Waals surface area contributed by atoms with Gasteiger partial charge in [-0.1, -0.05) is 37.3 Å². The smallest absolute Gasteiger partial charge is 0.113 e. The van der Waals surface area contributed by atoms with Crippen LogP contribution < -0.4 is 10.7 Å². The van der Waals surface area contributed by atoms with E-state index < -0.39 is 37.1 Å². The number of anilines is 2. The predicted octanol–water partition coefficient (Wildman–Crippen LogP) is 0.968. The molecule has 1 saturated heterocycles. The fourth-order valence-electron chi connectivity index (χ4n) is 3.60. The lowest BCUT2D eigenvalue weighted by Gasteiger charge is -2.40. The molecule has 8 heteroatoms. The zero-order valence-corrected chi connectivity index (χ0v) is 16.9. The van der Waals surface area contributed by atoms with Crippen LogP contribution in [-0.4, -0.2) is 58.2 Å². The Kier molecular flexibility index (Phi) is 7.06. The Morgan fingerprint density at radius 3 is 2.30 bits per heavy atom. The first kappa shape index (κ1) is 22.2. The maximum atomic E-state index is 10.4. The fourth-order valence-corrected chi connectivity index (χ4v) is 3.60. The molecule has 0 amide bonds. The molecule has 0 aliphatic carbocycles. The SMILES string of the molecule is C=NN(Cc1ccc(CC)cc1)c1cc([C@@H]2O[C@H](CO)[C@@H](O)[C@H](O)[C@H]2O)ccc1N. The molecule has 1 aliphatic heterocycles. The number of aliphatic hydroxyl groups excluding tert-OH is 4. The van der Waals surface area contributed by atoms with Gasteiger partial charge in [0, 0.05) is 6.72 Å². The highest BCUT2D eigenvalue weighted by molar-refractivity contribution is 5.69. The highest BCUT2D eigenvalue weighted by atomic mass is 16.5. The number of aliphatic hydroxyl groups is 4. The molecular formula is C22H29N3O5. The van der Waals surface area contributed by atoms with Crippen molar-refractivity contribution in [1.82, 2.24) is 0 Å². The Labute approximate surface area is 175 Å². The summed E-state index contributed by atoms with van der Waals surface area (Å²) in [5.74, 6) is 0. The van der Waals surface area contributed by atoms with E-state index in [4.69, 9.17) is 10.5 Å². The summed E-state index contributed by atoms with van der Waals surface area (Å²) < 4.78 is 5.65. The maximum Gasteiger partial charge on any atom is 0.113 e. The monoisotopic (exact) mass is 415 g/mol. The molecule has 0 aromatic heterocycles. The summed E-state index contributed by atoms with van der Waals surface area (Å²) in [5, 5.41) is 45.7. The summed E-state index contributed by atoms with van der Waals surface area (Å²) in [6, 6.07) is 13.2. The standard InChI is InChI=1S/C22H29N3O5/c1-3-13-4-6-14(7-5-13)11-25(24-2)17-10-15(8-9-16(17)23)22-21(29)20(28)19(27)18(12-26)30-22/h4-10,18-22,26-29H,2-3,11-12,23H2,1H3/t18-,19-,20+,21-,22+/m1/s1. The van der Waals surface area contributed by atoms with Crippen LogP contribution >= 0.6 is 0 Å². The number of nitrogen functional groups attached to an aromatic ring is 1. The highest BCUT2D eigenvalue weighted by Gasteiger charge is 2.44. The molecule has 30 heavy (non-hydrogen) atoms. The number of nitrogens with zero attached hydrogens (tertiary/aromatic N) is 2. The van der Waals surface area contributed by atoms with Gasteiger partial charge in [-0.3, -0.25) is 5.01 Å². The Hall–Kier alpha value is -2.49. The number of hydrazone groups is 1. The minimum Gasteiger partial charge on any atom is -0.397 e. The van der Waals surface area contributed by atoms with Gasteiger partial charge in [0.25, 0.3) is 0 Å². The van der Waals surface area contributed by atoms with Crippen molar-refractivity contribution in [3.05, 3.63) is 59.2 Å². The minimum atomic E-state index is -1.45. The molecular weight excluding hydrogens is 386 g/mol. The van der Waals surface area contributed by atoms with E-state index in [0.29, 0.717) is 23.5 Å². The third-order valence-corrected chi connectivity index (χ3v) is 5.49. The van der Waals surface area contributed by atoms with Crippen molar-refractivity contribution >= 4 is 18.1 Å². The minimum absolute atomic E-state index is 0.440. The second-order valence-corrected chi connectivity index (χ2v) is 7.44. The molecule has 1 heterocycles. The lowest BCUT2D eigenvalue weighted by molar-refractivity contribution is -0.231. The van der Waals surface area contributed by atoms with E-state index in [1.165, 1.54) is 5.56 Å². The molecule has 5 atom stereocenters. The quantitative estimate of drug-likeness (QED) is 0.259. The molecule has 2 aromatic carbocycles. The summed E-state index contributed by atoms with van der Waals surface area (Å²) >= 11 is 0. The number of hydrogen-bond donors (Lipinski definition) is 5. The van der Waals surface area contributed by atoms with Crippen molar-refractivity contribution in [2.24, 2.45) is 5.10 Å². The average Bonchev–Trinajstić information content (AvgIpc) is 2.77. The van der Waals surface area contributed by atoms with Crippen molar-refractivity contribution in [2.75, 3.05) is 17.3 Å². The van der Waals surface area contributed by atoms with Crippen LogP contribution in [0.2, 0.25) is 0 Å². The van der Waals surface area contributed by atoms with Crippen LogP contribution in [0.1, 0.15) is 29.7 Å². The summed E-state index contributed by atoms with van der Waals surface area (Å²) in [7, 11) is 0. The normalized spacial score (nSPS) is 26.4. The van der Waals surface area contributed by atoms with E-state index in [1.807, 2.05) is 12.1 Å². The Morgan fingerprint density at radius 1 is 1.03 bits per heavy atom. The number of hydrogen-bond acceptors (Lipinski definition) is 8. The molecule has 8 nitrogen and oxygen atoms in total. The molecule has 0 spiro atoms. The van der Waals surface area contributed by atoms with E-state index in [9.17, 15) is 20.4 Å². The predicted molar refractivity (Wildman–Crippen MR) is 115 cm³/mol. The highest BCUT2D eigenvalue weighted by Crippen LogP contribution is 2.36. The van der Waals surface area contributed by atoms with Crippen molar-refractivity contribution < 1.29 is 25.2 Å². The zero-order chi connectivity index (χ0) is 21.8. The van der Waals surface area contributed by atoms with Gasteiger partial charge in [-0.2, -0.15) is 5.10 Å². The van der Waals surface area contributed by atoms with Crippen LogP contribution in [-0.2, 0) is 17.7 Å². The Bertz CT molecular complexity index is 858. The second-order valence-electron chi connectivity index (χ2n) is 7.44. The number of rotatable bonds is 7. The average molecular weight is 415 g/mol. The summed E-state index contributed by atoms with van der Waals surface area (Å²) in [6.45, 7) is 5.69. The first-order chi connectivity index (χ1) is 14.4. The van der Waals surface area contributed by atoms with Crippen LogP contribution in [0, 0.1) is 0 Å². The zero-order valence-electron chi connectivity index (χ0n) is 16.9. The molecule has 2 aromatic rings. The van der Waals surface area contributed by atoms with Crippen LogP contribution in [0.25, 0.3) is 0 Å². The van der Waals surface area contributed by atoms with Crippen molar-refractivity contribution in [1.29, 1.82) is 0 Å². The van der Waals surface area contributed by atoms with Crippen LogP contribution in [0.5, 0.6) is 0 Å². The van der Waals surface area contributed by atoms with Crippen molar-refractivity contribution in [3.8, 4) is 0 Å².